The van der Waals surface area contributed by atoms with Crippen molar-refractivity contribution in [2.45, 2.75) is 79.3 Å². The quantitative estimate of drug-likeness (QED) is 0.758. The van der Waals surface area contributed by atoms with E-state index in [1.54, 1.807) is 0 Å². The summed E-state index contributed by atoms with van der Waals surface area (Å²) in [6.07, 6.45) is 5.62. The molecule has 0 aromatic heterocycles. The van der Waals surface area contributed by atoms with Gasteiger partial charge in [0.1, 0.15) is 0 Å². The molecule has 1 N–H and O–H groups in total. The van der Waals surface area contributed by atoms with E-state index in [-0.39, 0.29) is 0 Å². The smallest absolute Gasteiger partial charge is 0.0103 e. The van der Waals surface area contributed by atoms with E-state index < -0.39 is 0 Å². The molecule has 3 atom stereocenters. The molecule has 0 aromatic rings. The first kappa shape index (κ1) is 14.0. The maximum Gasteiger partial charge on any atom is 0.0103 e. The van der Waals surface area contributed by atoms with Gasteiger partial charge in [0, 0.05) is 12.1 Å². The minimum atomic E-state index is 0.453. The molecule has 1 nitrogen and oxygen atoms in total. The van der Waals surface area contributed by atoms with Crippen molar-refractivity contribution in [1.82, 2.24) is 5.32 Å². The fourth-order valence-corrected chi connectivity index (χ4v) is 2.90. The first-order valence-electron chi connectivity index (χ1n) is 7.08. The molecule has 3 unspecified atom stereocenters. The van der Waals surface area contributed by atoms with Crippen molar-refractivity contribution >= 4 is 0 Å². The van der Waals surface area contributed by atoms with E-state index in [0.717, 1.165) is 17.9 Å². The van der Waals surface area contributed by atoms with Crippen LogP contribution < -0.4 is 5.32 Å². The Bertz CT molecular complexity index is 202. The SMILES string of the molecule is CC(C)C(C)NC1CCCCC1C(C)(C)C. The summed E-state index contributed by atoms with van der Waals surface area (Å²) < 4.78 is 0. The topological polar surface area (TPSA) is 12.0 Å². The summed E-state index contributed by atoms with van der Waals surface area (Å²) in [7, 11) is 0. The largest absolute Gasteiger partial charge is 0.311 e. The van der Waals surface area contributed by atoms with Crippen LogP contribution in [-0.2, 0) is 0 Å². The second-order valence-corrected chi connectivity index (χ2v) is 7.06. The highest BCUT2D eigenvalue weighted by molar-refractivity contribution is 4.89. The van der Waals surface area contributed by atoms with Gasteiger partial charge in [-0.05, 0) is 37.0 Å². The van der Waals surface area contributed by atoms with E-state index in [9.17, 15) is 0 Å². The molecule has 1 fully saturated rings. The highest BCUT2D eigenvalue weighted by atomic mass is 15.0. The Morgan fingerprint density at radius 1 is 1.00 bits per heavy atom. The molecule has 0 bridgehead atoms. The summed E-state index contributed by atoms with van der Waals surface area (Å²) in [5.41, 5.74) is 0.453. The Hall–Kier alpha value is -0.0400. The van der Waals surface area contributed by atoms with Crippen LogP contribution in [0.4, 0.5) is 0 Å². The van der Waals surface area contributed by atoms with E-state index in [1.807, 2.05) is 0 Å². The molecule has 1 heteroatoms. The second-order valence-electron chi connectivity index (χ2n) is 7.06. The number of hydrogen-bond donors (Lipinski definition) is 1. The second kappa shape index (κ2) is 5.53. The summed E-state index contributed by atoms with van der Waals surface area (Å²) in [4.78, 5) is 0. The van der Waals surface area contributed by atoms with Crippen molar-refractivity contribution in [2.75, 3.05) is 0 Å². The molecular formula is C15H31N. The lowest BCUT2D eigenvalue weighted by Crippen LogP contribution is -2.48. The zero-order chi connectivity index (χ0) is 12.3. The number of hydrogen-bond acceptors (Lipinski definition) is 1. The summed E-state index contributed by atoms with van der Waals surface area (Å²) in [5.74, 6) is 1.59. The van der Waals surface area contributed by atoms with Gasteiger partial charge in [0.05, 0.1) is 0 Å². The molecule has 1 aliphatic rings. The summed E-state index contributed by atoms with van der Waals surface area (Å²) in [6, 6.07) is 1.39. The molecule has 0 heterocycles. The third kappa shape index (κ3) is 3.76. The van der Waals surface area contributed by atoms with Crippen LogP contribution in [0.2, 0.25) is 0 Å². The highest BCUT2D eigenvalue weighted by Gasteiger charge is 2.34. The standard InChI is InChI=1S/C15H31N/c1-11(2)12(3)16-14-10-8-7-9-13(14)15(4,5)6/h11-14,16H,7-10H2,1-6H3. The first-order chi connectivity index (χ1) is 7.32. The average Bonchev–Trinajstić information content (AvgIpc) is 2.16. The Morgan fingerprint density at radius 3 is 2.06 bits per heavy atom. The lowest BCUT2D eigenvalue weighted by Gasteiger charge is -2.42. The Morgan fingerprint density at radius 2 is 1.56 bits per heavy atom. The summed E-state index contributed by atoms with van der Waals surface area (Å²) in [5, 5.41) is 3.87. The Balaban J connectivity index is 2.60. The van der Waals surface area contributed by atoms with E-state index in [1.165, 1.54) is 25.7 Å². The molecule has 0 aromatic carbocycles. The van der Waals surface area contributed by atoms with Crippen molar-refractivity contribution < 1.29 is 0 Å². The van der Waals surface area contributed by atoms with Gasteiger partial charge in [-0.3, -0.25) is 0 Å². The zero-order valence-corrected chi connectivity index (χ0v) is 12.1. The molecule has 1 aliphatic carbocycles. The lowest BCUT2D eigenvalue weighted by atomic mass is 9.69. The predicted octanol–water partition coefficient (Wildman–Crippen LogP) is 4.23. The minimum Gasteiger partial charge on any atom is -0.311 e. The maximum absolute atomic E-state index is 3.87. The molecule has 0 amide bonds. The van der Waals surface area contributed by atoms with Gasteiger partial charge in [-0.25, -0.2) is 0 Å². The van der Waals surface area contributed by atoms with Crippen molar-refractivity contribution in [3.63, 3.8) is 0 Å². The van der Waals surface area contributed by atoms with E-state index in [2.05, 4.69) is 46.9 Å². The van der Waals surface area contributed by atoms with Crippen molar-refractivity contribution in [1.29, 1.82) is 0 Å². The minimum absolute atomic E-state index is 0.453. The van der Waals surface area contributed by atoms with Crippen molar-refractivity contribution in [3.05, 3.63) is 0 Å². The van der Waals surface area contributed by atoms with Gasteiger partial charge >= 0.3 is 0 Å². The molecule has 16 heavy (non-hydrogen) atoms. The van der Waals surface area contributed by atoms with Gasteiger partial charge in [0.15, 0.2) is 0 Å². The fraction of sp³-hybridized carbons (Fsp3) is 1.00. The van der Waals surface area contributed by atoms with Crippen molar-refractivity contribution in [2.24, 2.45) is 17.3 Å². The molecule has 0 spiro atoms. The van der Waals surface area contributed by atoms with Crippen LogP contribution in [0.15, 0.2) is 0 Å². The molecule has 1 saturated carbocycles. The van der Waals surface area contributed by atoms with Gasteiger partial charge in [0.25, 0.3) is 0 Å². The fourth-order valence-electron chi connectivity index (χ4n) is 2.90. The first-order valence-corrected chi connectivity index (χ1v) is 7.08. The summed E-state index contributed by atoms with van der Waals surface area (Å²) in [6.45, 7) is 14.2. The molecular weight excluding hydrogens is 194 g/mol. The number of nitrogens with one attached hydrogen (secondary N) is 1. The van der Waals surface area contributed by atoms with Gasteiger partial charge in [-0.2, -0.15) is 0 Å². The molecule has 0 radical (unpaired) electrons. The third-order valence-electron chi connectivity index (χ3n) is 4.36. The predicted molar refractivity (Wildman–Crippen MR) is 72.6 cm³/mol. The van der Waals surface area contributed by atoms with E-state index >= 15 is 0 Å². The van der Waals surface area contributed by atoms with Crippen molar-refractivity contribution in [3.8, 4) is 0 Å². The van der Waals surface area contributed by atoms with Gasteiger partial charge in [0.2, 0.25) is 0 Å². The molecule has 0 saturated heterocycles. The van der Waals surface area contributed by atoms with Crippen LogP contribution in [0.3, 0.4) is 0 Å². The molecule has 96 valence electrons. The molecule has 1 rings (SSSR count). The van der Waals surface area contributed by atoms with Crippen LogP contribution in [0, 0.1) is 17.3 Å². The summed E-state index contributed by atoms with van der Waals surface area (Å²) >= 11 is 0. The Kier molecular flexibility index (Phi) is 4.85. The highest BCUT2D eigenvalue weighted by Crippen LogP contribution is 2.38. The van der Waals surface area contributed by atoms with Gasteiger partial charge in [-0.1, -0.05) is 47.5 Å². The average molecular weight is 225 g/mol. The van der Waals surface area contributed by atoms with Crippen LogP contribution in [-0.4, -0.2) is 12.1 Å². The maximum atomic E-state index is 3.87. The van der Waals surface area contributed by atoms with E-state index in [0.29, 0.717) is 11.5 Å². The monoisotopic (exact) mass is 225 g/mol. The van der Waals surface area contributed by atoms with Crippen LogP contribution in [0.1, 0.15) is 67.2 Å². The van der Waals surface area contributed by atoms with Crippen LogP contribution in [0.25, 0.3) is 0 Å². The third-order valence-corrected chi connectivity index (χ3v) is 4.36. The number of rotatable bonds is 3. The van der Waals surface area contributed by atoms with Gasteiger partial charge < -0.3 is 5.32 Å². The van der Waals surface area contributed by atoms with Crippen LogP contribution >= 0.6 is 0 Å². The molecule has 0 aliphatic heterocycles. The van der Waals surface area contributed by atoms with E-state index in [4.69, 9.17) is 0 Å². The lowest BCUT2D eigenvalue weighted by molar-refractivity contribution is 0.119. The zero-order valence-electron chi connectivity index (χ0n) is 12.1. The normalized spacial score (nSPS) is 29.4. The van der Waals surface area contributed by atoms with Crippen LogP contribution in [0.5, 0.6) is 0 Å². The Labute approximate surface area is 102 Å². The van der Waals surface area contributed by atoms with Gasteiger partial charge in [-0.15, -0.1) is 0 Å².